The number of aryl methyl sites for hydroxylation is 2. The summed E-state index contributed by atoms with van der Waals surface area (Å²) in [6.45, 7) is 19.0. The highest BCUT2D eigenvalue weighted by molar-refractivity contribution is 6.35. The van der Waals surface area contributed by atoms with Crippen LogP contribution >= 0.6 is 11.6 Å². The second-order valence-electron chi connectivity index (χ2n) is 11.7. The van der Waals surface area contributed by atoms with Crippen LogP contribution in [0, 0.1) is 11.2 Å². The SMILES string of the molecule is C=C(CC(C)(C)C)N1CCN(c2c(CC)cnc3cc(-c4c(F)ccc5ccnc(CC)c45)c(Cl)cc23)CC1. The molecule has 3 heterocycles. The highest BCUT2D eigenvalue weighted by atomic mass is 35.5. The molecule has 1 saturated heterocycles. The Balaban J connectivity index is 1.57. The van der Waals surface area contributed by atoms with Gasteiger partial charge in [-0.3, -0.25) is 9.97 Å². The molecule has 2 aromatic heterocycles. The second-order valence-corrected chi connectivity index (χ2v) is 12.2. The van der Waals surface area contributed by atoms with Gasteiger partial charge in [-0.15, -0.1) is 0 Å². The van der Waals surface area contributed by atoms with Crippen molar-refractivity contribution >= 4 is 39.0 Å². The predicted molar refractivity (Wildman–Crippen MR) is 163 cm³/mol. The summed E-state index contributed by atoms with van der Waals surface area (Å²) in [5.74, 6) is -0.302. The Bertz CT molecular complexity index is 1550. The molecule has 1 fully saturated rings. The van der Waals surface area contributed by atoms with Crippen LogP contribution in [0.1, 0.15) is 52.3 Å². The van der Waals surface area contributed by atoms with Gasteiger partial charge in [0.2, 0.25) is 0 Å². The van der Waals surface area contributed by atoms with Crippen LogP contribution in [0.4, 0.5) is 10.1 Å². The lowest BCUT2D eigenvalue weighted by Crippen LogP contribution is -2.46. The van der Waals surface area contributed by atoms with Gasteiger partial charge in [0.25, 0.3) is 0 Å². The molecule has 0 saturated carbocycles. The van der Waals surface area contributed by atoms with Crippen molar-refractivity contribution in [1.29, 1.82) is 0 Å². The van der Waals surface area contributed by atoms with E-state index in [1.165, 1.54) is 23.0 Å². The van der Waals surface area contributed by atoms with Crippen LogP contribution in [0.2, 0.25) is 5.02 Å². The third kappa shape index (κ3) is 5.34. The van der Waals surface area contributed by atoms with E-state index in [4.69, 9.17) is 16.6 Å². The maximum Gasteiger partial charge on any atom is 0.131 e. The van der Waals surface area contributed by atoms with Crippen LogP contribution in [0.3, 0.4) is 0 Å². The van der Waals surface area contributed by atoms with Gasteiger partial charge >= 0.3 is 0 Å². The lowest BCUT2D eigenvalue weighted by Gasteiger charge is -2.40. The molecule has 204 valence electrons. The molecule has 0 amide bonds. The van der Waals surface area contributed by atoms with Gasteiger partial charge in [0.15, 0.2) is 0 Å². The Labute approximate surface area is 236 Å². The van der Waals surface area contributed by atoms with Gasteiger partial charge in [0, 0.05) is 76.9 Å². The van der Waals surface area contributed by atoms with Gasteiger partial charge in [-0.05, 0) is 59.9 Å². The first-order valence-corrected chi connectivity index (χ1v) is 14.3. The topological polar surface area (TPSA) is 32.3 Å². The van der Waals surface area contributed by atoms with E-state index >= 15 is 4.39 Å². The average Bonchev–Trinajstić information content (AvgIpc) is 2.91. The number of rotatable bonds is 6. The molecule has 39 heavy (non-hydrogen) atoms. The lowest BCUT2D eigenvalue weighted by molar-refractivity contribution is 0.277. The number of aromatic nitrogens is 2. The molecule has 0 bridgehead atoms. The number of halogens is 2. The number of fused-ring (bicyclic) bond motifs is 2. The molecule has 0 radical (unpaired) electrons. The van der Waals surface area contributed by atoms with E-state index in [1.807, 2.05) is 37.4 Å². The van der Waals surface area contributed by atoms with Crippen molar-refractivity contribution in [2.75, 3.05) is 31.1 Å². The van der Waals surface area contributed by atoms with Crippen LogP contribution in [0.25, 0.3) is 32.8 Å². The molecule has 5 rings (SSSR count). The molecule has 1 aliphatic heterocycles. The molecule has 0 N–H and O–H groups in total. The molecule has 0 aliphatic carbocycles. The summed E-state index contributed by atoms with van der Waals surface area (Å²) in [5, 5.41) is 3.31. The Morgan fingerprint density at radius 3 is 2.44 bits per heavy atom. The maximum atomic E-state index is 15.5. The molecule has 2 aromatic carbocycles. The van der Waals surface area contributed by atoms with Crippen molar-refractivity contribution in [2.45, 2.75) is 53.9 Å². The number of anilines is 1. The Morgan fingerprint density at radius 2 is 1.77 bits per heavy atom. The fourth-order valence-electron chi connectivity index (χ4n) is 5.88. The first-order valence-electron chi connectivity index (χ1n) is 14.0. The summed E-state index contributed by atoms with van der Waals surface area (Å²) in [7, 11) is 0. The van der Waals surface area contributed by atoms with Crippen molar-refractivity contribution < 1.29 is 4.39 Å². The first-order chi connectivity index (χ1) is 18.6. The zero-order chi connectivity index (χ0) is 27.9. The average molecular weight is 545 g/mol. The maximum absolute atomic E-state index is 15.5. The number of hydrogen-bond donors (Lipinski definition) is 0. The number of hydrogen-bond acceptors (Lipinski definition) is 4. The number of benzene rings is 2. The molecular formula is C33H38ClFN4. The quantitative estimate of drug-likeness (QED) is 0.244. The molecular weight excluding hydrogens is 507 g/mol. The van der Waals surface area contributed by atoms with Crippen LogP contribution in [-0.2, 0) is 12.8 Å². The van der Waals surface area contributed by atoms with Crippen LogP contribution in [0.15, 0.2) is 55.0 Å². The van der Waals surface area contributed by atoms with Gasteiger partial charge < -0.3 is 9.80 Å². The predicted octanol–water partition coefficient (Wildman–Crippen LogP) is 8.44. The first kappa shape index (κ1) is 27.4. The van der Waals surface area contributed by atoms with E-state index in [0.717, 1.165) is 66.4 Å². The Kier molecular flexibility index (Phi) is 7.56. The second kappa shape index (κ2) is 10.8. The van der Waals surface area contributed by atoms with E-state index in [1.54, 1.807) is 6.20 Å². The normalized spacial score (nSPS) is 14.4. The Hall–Kier alpha value is -3.18. The third-order valence-corrected chi connectivity index (χ3v) is 8.04. The molecule has 0 unspecified atom stereocenters. The van der Waals surface area contributed by atoms with Gasteiger partial charge in [-0.25, -0.2) is 4.39 Å². The highest BCUT2D eigenvalue weighted by Gasteiger charge is 2.25. The molecule has 6 heteroatoms. The molecule has 0 spiro atoms. The van der Waals surface area contributed by atoms with Crippen molar-refractivity contribution in [3.05, 3.63) is 77.1 Å². The van der Waals surface area contributed by atoms with Crippen LogP contribution in [0.5, 0.6) is 0 Å². The zero-order valence-electron chi connectivity index (χ0n) is 23.7. The van der Waals surface area contributed by atoms with E-state index in [-0.39, 0.29) is 11.2 Å². The van der Waals surface area contributed by atoms with E-state index < -0.39 is 0 Å². The van der Waals surface area contributed by atoms with Gasteiger partial charge in [-0.1, -0.05) is 58.9 Å². The monoisotopic (exact) mass is 544 g/mol. The fraction of sp³-hybridized carbons (Fsp3) is 0.394. The number of nitrogens with zero attached hydrogens (tertiary/aromatic N) is 4. The summed E-state index contributed by atoms with van der Waals surface area (Å²) in [5.41, 5.74) is 6.64. The fourth-order valence-corrected chi connectivity index (χ4v) is 6.14. The molecule has 4 aromatic rings. The van der Waals surface area contributed by atoms with Crippen molar-refractivity contribution in [1.82, 2.24) is 14.9 Å². The summed E-state index contributed by atoms with van der Waals surface area (Å²) in [4.78, 5) is 14.2. The van der Waals surface area contributed by atoms with Crippen molar-refractivity contribution in [2.24, 2.45) is 5.41 Å². The molecule has 0 atom stereocenters. The van der Waals surface area contributed by atoms with Crippen LogP contribution in [-0.4, -0.2) is 41.0 Å². The summed E-state index contributed by atoms with van der Waals surface area (Å²) in [6.07, 6.45) is 6.32. The van der Waals surface area contributed by atoms with Crippen molar-refractivity contribution in [3.8, 4) is 11.1 Å². The molecule has 4 nitrogen and oxygen atoms in total. The minimum absolute atomic E-state index is 0.219. The minimum atomic E-state index is -0.302. The van der Waals surface area contributed by atoms with Crippen molar-refractivity contribution in [3.63, 3.8) is 0 Å². The highest BCUT2D eigenvalue weighted by Crippen LogP contribution is 2.41. The summed E-state index contributed by atoms with van der Waals surface area (Å²) >= 11 is 6.99. The smallest absolute Gasteiger partial charge is 0.131 e. The van der Waals surface area contributed by atoms with Crippen LogP contribution < -0.4 is 4.90 Å². The number of allylic oxidation sites excluding steroid dienone is 1. The summed E-state index contributed by atoms with van der Waals surface area (Å²) < 4.78 is 15.5. The van der Waals surface area contributed by atoms with Gasteiger partial charge in [0.05, 0.1) is 11.2 Å². The number of piperazine rings is 1. The van der Waals surface area contributed by atoms with E-state index in [0.29, 0.717) is 22.6 Å². The number of pyridine rings is 2. The minimum Gasteiger partial charge on any atom is -0.372 e. The zero-order valence-corrected chi connectivity index (χ0v) is 24.5. The van der Waals surface area contributed by atoms with Gasteiger partial charge in [-0.2, -0.15) is 0 Å². The Morgan fingerprint density at radius 1 is 1.03 bits per heavy atom. The summed E-state index contributed by atoms with van der Waals surface area (Å²) in [6, 6.07) is 9.19. The van der Waals surface area contributed by atoms with Gasteiger partial charge in [0.1, 0.15) is 5.82 Å². The van der Waals surface area contributed by atoms with E-state index in [2.05, 4.69) is 49.1 Å². The largest absolute Gasteiger partial charge is 0.372 e. The third-order valence-electron chi connectivity index (χ3n) is 7.73. The molecule has 1 aliphatic rings. The van der Waals surface area contributed by atoms with E-state index in [9.17, 15) is 0 Å². The lowest BCUT2D eigenvalue weighted by atomic mass is 9.90. The standard InChI is InChI=1S/C33H38ClFN4/c1-7-22-20-37-29-18-24(31-27(35)10-9-23-11-12-36-28(8-2)30(23)31)26(34)17-25(29)32(22)39-15-13-38(14-16-39)21(3)19-33(4,5)6/h9-12,17-18,20H,3,7-8,13-16,19H2,1-2,4-6H3.